The zero-order chi connectivity index (χ0) is 17.6. The molecular formula is C21H29N3S. The third-order valence-corrected chi connectivity index (χ3v) is 7.07. The van der Waals surface area contributed by atoms with Gasteiger partial charge in [0.25, 0.3) is 0 Å². The summed E-state index contributed by atoms with van der Waals surface area (Å²) in [6, 6.07) is 6.78. The maximum Gasteiger partial charge on any atom is 0.0975 e. The number of aromatic nitrogens is 1. The Morgan fingerprint density at radius 2 is 2.08 bits per heavy atom. The summed E-state index contributed by atoms with van der Waals surface area (Å²) in [5, 5.41) is 1.32. The fourth-order valence-corrected chi connectivity index (χ4v) is 5.71. The van der Waals surface area contributed by atoms with Gasteiger partial charge in [-0.25, -0.2) is 4.98 Å². The molecule has 2 unspecified atom stereocenters. The van der Waals surface area contributed by atoms with E-state index < -0.39 is 0 Å². The Hall–Kier alpha value is -1.26. The summed E-state index contributed by atoms with van der Waals surface area (Å²) in [7, 11) is 2.23. The first-order chi connectivity index (χ1) is 11.9. The number of aliphatic imine (C=N–C) groups is 1. The van der Waals surface area contributed by atoms with E-state index in [0.29, 0.717) is 5.92 Å². The van der Waals surface area contributed by atoms with Gasteiger partial charge in [0.2, 0.25) is 0 Å². The van der Waals surface area contributed by atoms with Crippen molar-refractivity contribution in [3.63, 3.8) is 0 Å². The lowest BCUT2D eigenvalue weighted by Gasteiger charge is -2.42. The van der Waals surface area contributed by atoms with E-state index in [1.165, 1.54) is 40.4 Å². The molecule has 1 aromatic carbocycles. The average molecular weight is 356 g/mol. The van der Waals surface area contributed by atoms with Gasteiger partial charge in [0, 0.05) is 24.7 Å². The van der Waals surface area contributed by atoms with Gasteiger partial charge in [0.15, 0.2) is 0 Å². The molecule has 2 aliphatic heterocycles. The fourth-order valence-electron chi connectivity index (χ4n) is 4.41. The Labute approximate surface area is 155 Å². The van der Waals surface area contributed by atoms with Gasteiger partial charge in [-0.15, -0.1) is 11.3 Å². The molecular weight excluding hydrogens is 326 g/mol. The second kappa shape index (κ2) is 6.48. The maximum absolute atomic E-state index is 5.07. The average Bonchev–Trinajstić information content (AvgIpc) is 2.97. The van der Waals surface area contributed by atoms with Crippen LogP contribution < -0.4 is 0 Å². The SMILES string of the molecule is CC1CCC(c2ccc3sc(C4CCN(C)CC4(C)C)nc3c2)=NC1. The van der Waals surface area contributed by atoms with Gasteiger partial charge < -0.3 is 4.90 Å². The van der Waals surface area contributed by atoms with Crippen LogP contribution in [0.4, 0.5) is 0 Å². The lowest BCUT2D eigenvalue weighted by molar-refractivity contribution is 0.114. The number of rotatable bonds is 2. The van der Waals surface area contributed by atoms with Crippen molar-refractivity contribution in [2.24, 2.45) is 16.3 Å². The molecule has 0 spiro atoms. The van der Waals surface area contributed by atoms with Crippen LogP contribution in [0.15, 0.2) is 23.2 Å². The molecule has 134 valence electrons. The minimum Gasteiger partial charge on any atom is -0.306 e. The molecule has 4 rings (SSSR count). The molecule has 0 radical (unpaired) electrons. The summed E-state index contributed by atoms with van der Waals surface area (Å²) in [5.41, 5.74) is 3.99. The molecule has 1 saturated heterocycles. The van der Waals surface area contributed by atoms with Gasteiger partial charge in [0.1, 0.15) is 0 Å². The van der Waals surface area contributed by atoms with Crippen LogP contribution in [-0.4, -0.2) is 42.3 Å². The van der Waals surface area contributed by atoms with E-state index in [2.05, 4.69) is 50.9 Å². The molecule has 0 saturated carbocycles. The van der Waals surface area contributed by atoms with Crippen LogP contribution in [0.5, 0.6) is 0 Å². The Morgan fingerprint density at radius 1 is 1.24 bits per heavy atom. The van der Waals surface area contributed by atoms with Gasteiger partial charge in [0.05, 0.1) is 15.2 Å². The first-order valence-corrected chi connectivity index (χ1v) is 10.4. The van der Waals surface area contributed by atoms with Crippen LogP contribution in [-0.2, 0) is 0 Å². The number of hydrogen-bond donors (Lipinski definition) is 0. The molecule has 0 aliphatic carbocycles. The molecule has 1 fully saturated rings. The first kappa shape index (κ1) is 17.2. The molecule has 2 atom stereocenters. The Balaban J connectivity index is 1.65. The van der Waals surface area contributed by atoms with E-state index in [1.807, 2.05) is 11.3 Å². The van der Waals surface area contributed by atoms with Gasteiger partial charge >= 0.3 is 0 Å². The normalized spacial score (nSPS) is 27.4. The minimum absolute atomic E-state index is 0.285. The molecule has 3 heterocycles. The van der Waals surface area contributed by atoms with Gasteiger partial charge in [-0.1, -0.05) is 26.8 Å². The smallest absolute Gasteiger partial charge is 0.0975 e. The van der Waals surface area contributed by atoms with Gasteiger partial charge in [-0.05, 0) is 61.9 Å². The van der Waals surface area contributed by atoms with E-state index in [1.54, 1.807) is 0 Å². The lowest BCUT2D eigenvalue weighted by atomic mass is 9.74. The van der Waals surface area contributed by atoms with Crippen LogP contribution in [0, 0.1) is 11.3 Å². The third-order valence-electron chi connectivity index (χ3n) is 5.92. The monoisotopic (exact) mass is 355 g/mol. The molecule has 3 nitrogen and oxygen atoms in total. The molecule has 0 amide bonds. The zero-order valence-electron chi connectivity index (χ0n) is 15.9. The highest BCUT2D eigenvalue weighted by Gasteiger charge is 2.37. The molecule has 0 bridgehead atoms. The number of nitrogens with zero attached hydrogens (tertiary/aromatic N) is 3. The highest BCUT2D eigenvalue weighted by atomic mass is 32.1. The summed E-state index contributed by atoms with van der Waals surface area (Å²) in [5.74, 6) is 1.29. The van der Waals surface area contributed by atoms with E-state index in [0.717, 1.165) is 30.9 Å². The van der Waals surface area contributed by atoms with Crippen molar-refractivity contribution in [2.75, 3.05) is 26.7 Å². The maximum atomic E-state index is 5.07. The first-order valence-electron chi connectivity index (χ1n) is 9.55. The van der Waals surface area contributed by atoms with Crippen molar-refractivity contribution in [1.29, 1.82) is 0 Å². The number of piperidine rings is 1. The second-order valence-electron chi connectivity index (χ2n) is 8.73. The van der Waals surface area contributed by atoms with Crippen LogP contribution in [0.3, 0.4) is 0 Å². The highest BCUT2D eigenvalue weighted by Crippen LogP contribution is 2.44. The highest BCUT2D eigenvalue weighted by molar-refractivity contribution is 7.18. The minimum atomic E-state index is 0.285. The number of likely N-dealkylation sites (tertiary alicyclic amines) is 1. The quantitative estimate of drug-likeness (QED) is 0.761. The molecule has 25 heavy (non-hydrogen) atoms. The standard InChI is InChI=1S/C21H29N3S/c1-14-5-7-17(22-12-14)15-6-8-19-18(11-15)23-20(25-19)16-9-10-24(4)13-21(16,2)3/h6,8,11,14,16H,5,7,9-10,12-13H2,1-4H3. The molecule has 0 N–H and O–H groups in total. The zero-order valence-corrected chi connectivity index (χ0v) is 16.7. The lowest BCUT2D eigenvalue weighted by Crippen LogP contribution is -2.42. The van der Waals surface area contributed by atoms with Crippen molar-refractivity contribution in [1.82, 2.24) is 9.88 Å². The predicted octanol–water partition coefficient (Wildman–Crippen LogP) is 4.96. The van der Waals surface area contributed by atoms with Crippen LogP contribution in [0.1, 0.15) is 56.5 Å². The summed E-state index contributed by atoms with van der Waals surface area (Å²) >= 11 is 1.89. The molecule has 2 aliphatic rings. The van der Waals surface area contributed by atoms with Crippen molar-refractivity contribution in [2.45, 2.75) is 46.0 Å². The van der Waals surface area contributed by atoms with Crippen LogP contribution in [0.25, 0.3) is 10.2 Å². The molecule has 1 aromatic heterocycles. The molecule has 2 aromatic rings. The van der Waals surface area contributed by atoms with Crippen LogP contribution >= 0.6 is 11.3 Å². The van der Waals surface area contributed by atoms with E-state index in [4.69, 9.17) is 9.98 Å². The largest absolute Gasteiger partial charge is 0.306 e. The fraction of sp³-hybridized carbons (Fsp3) is 0.619. The number of thiazole rings is 1. The van der Waals surface area contributed by atoms with Crippen molar-refractivity contribution < 1.29 is 0 Å². The number of fused-ring (bicyclic) bond motifs is 1. The Bertz CT molecular complexity index is 805. The summed E-state index contributed by atoms with van der Waals surface area (Å²) < 4.78 is 1.32. The van der Waals surface area contributed by atoms with Gasteiger partial charge in [-0.3, -0.25) is 4.99 Å². The number of benzene rings is 1. The van der Waals surface area contributed by atoms with Crippen molar-refractivity contribution >= 4 is 27.3 Å². The van der Waals surface area contributed by atoms with E-state index in [9.17, 15) is 0 Å². The Morgan fingerprint density at radius 3 is 2.80 bits per heavy atom. The van der Waals surface area contributed by atoms with Crippen molar-refractivity contribution in [3.8, 4) is 0 Å². The van der Waals surface area contributed by atoms with Crippen molar-refractivity contribution in [3.05, 3.63) is 28.8 Å². The third kappa shape index (κ3) is 3.39. The van der Waals surface area contributed by atoms with E-state index in [-0.39, 0.29) is 5.41 Å². The number of hydrogen-bond acceptors (Lipinski definition) is 4. The second-order valence-corrected chi connectivity index (χ2v) is 9.80. The Kier molecular flexibility index (Phi) is 4.45. The van der Waals surface area contributed by atoms with Gasteiger partial charge in [-0.2, -0.15) is 0 Å². The molecule has 4 heteroatoms. The van der Waals surface area contributed by atoms with Crippen LogP contribution in [0.2, 0.25) is 0 Å². The predicted molar refractivity (Wildman–Crippen MR) is 108 cm³/mol. The summed E-state index contributed by atoms with van der Waals surface area (Å²) in [4.78, 5) is 12.3. The van der Waals surface area contributed by atoms with E-state index >= 15 is 0 Å². The summed E-state index contributed by atoms with van der Waals surface area (Å²) in [6.45, 7) is 10.4. The summed E-state index contributed by atoms with van der Waals surface area (Å²) in [6.07, 6.45) is 3.56. The topological polar surface area (TPSA) is 28.5 Å².